The number of carbonyl (C=O) groups excluding carboxylic acids is 3. The molecule has 6 N–H and O–H groups in total. The molecule has 0 atom stereocenters. The number of nitrogens with two attached hydrogens (primary N) is 2. The number of carbonyl (C=O) groups is 3. The second kappa shape index (κ2) is 5.16. The molecule has 0 aliphatic heterocycles. The first-order valence-electron chi connectivity index (χ1n) is 5.94. The maximum Gasteiger partial charge on any atom is 0.246 e. The molecule has 0 rings (SSSR count). The highest BCUT2D eigenvalue weighted by atomic mass is 16.2. The molecular weight excluding hydrogens is 248 g/mol. The van der Waals surface area contributed by atoms with E-state index in [-0.39, 0.29) is 0 Å². The summed E-state index contributed by atoms with van der Waals surface area (Å²) in [6.07, 6.45) is 0. The van der Waals surface area contributed by atoms with Gasteiger partial charge in [0.05, 0.1) is 5.54 Å². The van der Waals surface area contributed by atoms with Gasteiger partial charge in [-0.15, -0.1) is 0 Å². The number of amides is 3. The predicted octanol–water partition coefficient (Wildman–Crippen LogP) is -1.00. The Morgan fingerprint density at radius 3 is 1.47 bits per heavy atom. The molecule has 0 aliphatic rings. The van der Waals surface area contributed by atoms with Gasteiger partial charge in [-0.3, -0.25) is 14.4 Å². The second-order valence-electron chi connectivity index (χ2n) is 6.24. The zero-order valence-electron chi connectivity index (χ0n) is 12.4. The molecule has 0 aromatic rings. The van der Waals surface area contributed by atoms with E-state index in [0.29, 0.717) is 0 Å². The highest BCUT2D eigenvalue weighted by Crippen LogP contribution is 2.09. The van der Waals surface area contributed by atoms with Crippen LogP contribution in [0.2, 0.25) is 0 Å². The van der Waals surface area contributed by atoms with Crippen molar-refractivity contribution in [2.75, 3.05) is 0 Å². The summed E-state index contributed by atoms with van der Waals surface area (Å²) >= 11 is 0. The van der Waals surface area contributed by atoms with E-state index in [1.165, 1.54) is 41.5 Å². The number of primary amides is 1. The Morgan fingerprint density at radius 1 is 0.789 bits per heavy atom. The van der Waals surface area contributed by atoms with Gasteiger partial charge in [-0.1, -0.05) is 0 Å². The zero-order chi connectivity index (χ0) is 15.6. The van der Waals surface area contributed by atoms with Gasteiger partial charge in [-0.2, -0.15) is 0 Å². The van der Waals surface area contributed by atoms with Crippen LogP contribution in [0.15, 0.2) is 0 Å². The van der Waals surface area contributed by atoms with Crippen LogP contribution in [0.5, 0.6) is 0 Å². The van der Waals surface area contributed by atoms with E-state index in [2.05, 4.69) is 10.6 Å². The number of nitrogens with one attached hydrogen (secondary N) is 2. The maximum absolute atomic E-state index is 12.1. The molecule has 0 aromatic heterocycles. The Hall–Kier alpha value is -1.63. The lowest BCUT2D eigenvalue weighted by molar-refractivity contribution is -0.137. The Bertz CT molecular complexity index is 394. The summed E-state index contributed by atoms with van der Waals surface area (Å²) < 4.78 is 0. The molecule has 0 saturated carbocycles. The summed E-state index contributed by atoms with van der Waals surface area (Å²) in [5, 5.41) is 5.01. The summed E-state index contributed by atoms with van der Waals surface area (Å²) in [5.74, 6) is -1.65. The van der Waals surface area contributed by atoms with Crippen LogP contribution < -0.4 is 22.1 Å². The van der Waals surface area contributed by atoms with E-state index in [0.717, 1.165) is 0 Å². The summed E-state index contributed by atoms with van der Waals surface area (Å²) in [6, 6.07) is 0. The van der Waals surface area contributed by atoms with Crippen molar-refractivity contribution in [2.45, 2.75) is 58.2 Å². The molecule has 7 heteroatoms. The van der Waals surface area contributed by atoms with Crippen molar-refractivity contribution in [3.05, 3.63) is 0 Å². The molecule has 7 nitrogen and oxygen atoms in total. The van der Waals surface area contributed by atoms with Crippen LogP contribution in [-0.2, 0) is 14.4 Å². The van der Waals surface area contributed by atoms with Gasteiger partial charge >= 0.3 is 0 Å². The van der Waals surface area contributed by atoms with Crippen molar-refractivity contribution in [1.82, 2.24) is 10.6 Å². The summed E-state index contributed by atoms with van der Waals surface area (Å²) in [6.45, 7) is 9.06. The van der Waals surface area contributed by atoms with Crippen LogP contribution in [0.1, 0.15) is 41.5 Å². The Kier molecular flexibility index (Phi) is 4.72. The average molecular weight is 272 g/mol. The van der Waals surface area contributed by atoms with Crippen LogP contribution in [0, 0.1) is 0 Å². The van der Waals surface area contributed by atoms with Crippen molar-refractivity contribution in [1.29, 1.82) is 0 Å². The lowest BCUT2D eigenvalue weighted by atomic mass is 9.97. The van der Waals surface area contributed by atoms with Crippen LogP contribution in [0.4, 0.5) is 0 Å². The Balaban J connectivity index is 4.89. The first kappa shape index (κ1) is 17.4. The molecule has 0 aliphatic carbocycles. The lowest BCUT2D eigenvalue weighted by Crippen LogP contribution is -2.64. The van der Waals surface area contributed by atoms with Gasteiger partial charge in [0.2, 0.25) is 17.7 Å². The Labute approximate surface area is 113 Å². The Morgan fingerprint density at radius 2 is 1.16 bits per heavy atom. The molecule has 110 valence electrons. The van der Waals surface area contributed by atoms with Gasteiger partial charge in [0.25, 0.3) is 0 Å². The third kappa shape index (κ3) is 4.86. The molecule has 0 aromatic carbocycles. The van der Waals surface area contributed by atoms with Gasteiger partial charge in [0.15, 0.2) is 0 Å². The predicted molar refractivity (Wildman–Crippen MR) is 71.9 cm³/mol. The van der Waals surface area contributed by atoms with E-state index in [4.69, 9.17) is 11.5 Å². The maximum atomic E-state index is 12.1. The standard InChI is InChI=1S/C12H24N4O3/c1-10(2,14)8(18)15-12(5,6)9(19)16-11(3,4)7(13)17/h14H2,1-6H3,(H2,13,17)(H,15,18)(H,16,19). The fourth-order valence-electron chi connectivity index (χ4n) is 1.00. The average Bonchev–Trinajstić information content (AvgIpc) is 2.14. The van der Waals surface area contributed by atoms with Gasteiger partial charge in [0, 0.05) is 0 Å². The first-order chi connectivity index (χ1) is 8.20. The molecule has 0 spiro atoms. The summed E-state index contributed by atoms with van der Waals surface area (Å²) in [4.78, 5) is 35.0. The second-order valence-corrected chi connectivity index (χ2v) is 6.24. The van der Waals surface area contributed by atoms with Crippen LogP contribution in [0.3, 0.4) is 0 Å². The highest BCUT2D eigenvalue weighted by Gasteiger charge is 2.37. The third-order valence-corrected chi connectivity index (χ3v) is 2.62. The van der Waals surface area contributed by atoms with E-state index < -0.39 is 34.3 Å². The summed E-state index contributed by atoms with van der Waals surface area (Å²) in [7, 11) is 0. The van der Waals surface area contributed by atoms with Crippen molar-refractivity contribution in [3.8, 4) is 0 Å². The molecule has 3 amide bonds. The van der Waals surface area contributed by atoms with Crippen LogP contribution >= 0.6 is 0 Å². The largest absolute Gasteiger partial charge is 0.368 e. The fourth-order valence-corrected chi connectivity index (χ4v) is 1.00. The van der Waals surface area contributed by atoms with E-state index in [9.17, 15) is 14.4 Å². The number of hydrogen-bond acceptors (Lipinski definition) is 4. The van der Waals surface area contributed by atoms with Crippen molar-refractivity contribution in [2.24, 2.45) is 11.5 Å². The molecule has 0 heterocycles. The lowest BCUT2D eigenvalue weighted by Gasteiger charge is -2.32. The quantitative estimate of drug-likeness (QED) is 0.511. The number of hydrogen-bond donors (Lipinski definition) is 4. The van der Waals surface area contributed by atoms with Gasteiger partial charge in [-0.25, -0.2) is 0 Å². The van der Waals surface area contributed by atoms with Gasteiger partial charge < -0.3 is 22.1 Å². The van der Waals surface area contributed by atoms with E-state index in [1.807, 2.05) is 0 Å². The van der Waals surface area contributed by atoms with Crippen LogP contribution in [-0.4, -0.2) is 34.3 Å². The molecular formula is C12H24N4O3. The zero-order valence-corrected chi connectivity index (χ0v) is 12.4. The molecule has 0 bridgehead atoms. The minimum Gasteiger partial charge on any atom is -0.368 e. The molecule has 0 unspecified atom stereocenters. The SMILES string of the molecule is CC(C)(N)C(=O)NC(C)(C)C(=O)NC(C)(C)C(N)=O. The number of rotatable bonds is 5. The minimum absolute atomic E-state index is 0.468. The molecule has 19 heavy (non-hydrogen) atoms. The van der Waals surface area contributed by atoms with Gasteiger partial charge in [0.1, 0.15) is 11.1 Å². The highest BCUT2D eigenvalue weighted by molar-refractivity contribution is 5.96. The fraction of sp³-hybridized carbons (Fsp3) is 0.750. The van der Waals surface area contributed by atoms with E-state index >= 15 is 0 Å². The van der Waals surface area contributed by atoms with Crippen molar-refractivity contribution < 1.29 is 14.4 Å². The smallest absolute Gasteiger partial charge is 0.246 e. The topological polar surface area (TPSA) is 127 Å². The summed E-state index contributed by atoms with van der Waals surface area (Å²) in [5.41, 5.74) is 7.31. The normalized spacial score (nSPS) is 12.8. The van der Waals surface area contributed by atoms with Crippen LogP contribution in [0.25, 0.3) is 0 Å². The molecule has 0 fully saturated rings. The molecule has 0 saturated heterocycles. The minimum atomic E-state index is -1.21. The first-order valence-corrected chi connectivity index (χ1v) is 5.94. The van der Waals surface area contributed by atoms with E-state index in [1.54, 1.807) is 0 Å². The monoisotopic (exact) mass is 272 g/mol. The van der Waals surface area contributed by atoms with Crippen molar-refractivity contribution >= 4 is 17.7 Å². The molecule has 0 radical (unpaired) electrons. The van der Waals surface area contributed by atoms with Gasteiger partial charge in [-0.05, 0) is 41.5 Å². The van der Waals surface area contributed by atoms with Crippen molar-refractivity contribution in [3.63, 3.8) is 0 Å². The third-order valence-electron chi connectivity index (χ3n) is 2.62.